The lowest BCUT2D eigenvalue weighted by molar-refractivity contribution is -0.119. The minimum Gasteiger partial charge on any atom is -0.376 e. The number of para-hydroxylation sites is 1. The molecule has 1 amide bonds. The van der Waals surface area contributed by atoms with Gasteiger partial charge in [0.15, 0.2) is 0 Å². The maximum absolute atomic E-state index is 11.7. The Morgan fingerprint density at radius 2 is 1.60 bits per heavy atom. The highest BCUT2D eigenvalue weighted by atomic mass is 16.2. The zero-order valence-electron chi connectivity index (χ0n) is 11.3. The molecule has 0 aliphatic carbocycles. The summed E-state index contributed by atoms with van der Waals surface area (Å²) in [6.07, 6.45) is 0. The van der Waals surface area contributed by atoms with Crippen LogP contribution in [0.15, 0.2) is 65.8 Å². The molecule has 4 heteroatoms. The minimum absolute atomic E-state index is 0.177. The molecule has 0 fully saturated rings. The van der Waals surface area contributed by atoms with Crippen LogP contribution in [0.3, 0.4) is 0 Å². The Morgan fingerprint density at radius 3 is 2.25 bits per heavy atom. The van der Waals surface area contributed by atoms with Crippen molar-refractivity contribution in [3.05, 3.63) is 66.2 Å². The van der Waals surface area contributed by atoms with Crippen molar-refractivity contribution in [1.29, 1.82) is 0 Å². The van der Waals surface area contributed by atoms with Gasteiger partial charge in [-0.3, -0.25) is 4.79 Å². The highest BCUT2D eigenvalue weighted by Crippen LogP contribution is 2.03. The molecule has 20 heavy (non-hydrogen) atoms. The highest BCUT2D eigenvalue weighted by molar-refractivity contribution is 5.99. The summed E-state index contributed by atoms with van der Waals surface area (Å²) in [5.41, 5.74) is 5.21. The molecule has 0 bridgehead atoms. The molecule has 2 aromatic carbocycles. The predicted octanol–water partition coefficient (Wildman–Crippen LogP) is 2.64. The normalized spacial score (nSPS) is 10.9. The van der Waals surface area contributed by atoms with Gasteiger partial charge in [-0.25, -0.2) is 5.43 Å². The van der Waals surface area contributed by atoms with Gasteiger partial charge >= 0.3 is 0 Å². The van der Waals surface area contributed by atoms with Crippen molar-refractivity contribution in [2.45, 2.75) is 6.92 Å². The fraction of sp³-hybridized carbons (Fsp3) is 0.125. The van der Waals surface area contributed by atoms with Crippen LogP contribution in [0.4, 0.5) is 5.69 Å². The molecule has 4 nitrogen and oxygen atoms in total. The van der Waals surface area contributed by atoms with E-state index in [2.05, 4.69) is 15.8 Å². The van der Waals surface area contributed by atoms with Gasteiger partial charge in [-0.05, 0) is 24.6 Å². The monoisotopic (exact) mass is 267 g/mol. The first-order valence-electron chi connectivity index (χ1n) is 6.43. The number of hydrogen-bond acceptors (Lipinski definition) is 3. The van der Waals surface area contributed by atoms with Crippen LogP contribution < -0.4 is 10.7 Å². The lowest BCUT2D eigenvalue weighted by Gasteiger charge is -2.05. The highest BCUT2D eigenvalue weighted by Gasteiger charge is 2.00. The molecule has 0 unspecified atom stereocenters. The molecule has 2 rings (SSSR count). The number of rotatable bonds is 5. The summed E-state index contributed by atoms with van der Waals surface area (Å²) in [7, 11) is 0. The third-order valence-electron chi connectivity index (χ3n) is 2.77. The average Bonchev–Trinajstić information content (AvgIpc) is 2.52. The number of carbonyl (C=O) groups is 1. The van der Waals surface area contributed by atoms with Gasteiger partial charge in [0.1, 0.15) is 0 Å². The van der Waals surface area contributed by atoms with Crippen LogP contribution in [0.5, 0.6) is 0 Å². The number of hydrazone groups is 1. The minimum atomic E-state index is -0.177. The summed E-state index contributed by atoms with van der Waals surface area (Å²) in [6.45, 7) is 2.05. The van der Waals surface area contributed by atoms with Crippen LogP contribution in [0.1, 0.15) is 12.5 Å². The lowest BCUT2D eigenvalue weighted by Crippen LogP contribution is -2.26. The molecule has 0 saturated carbocycles. The van der Waals surface area contributed by atoms with Crippen molar-refractivity contribution in [2.75, 3.05) is 11.9 Å². The van der Waals surface area contributed by atoms with E-state index in [4.69, 9.17) is 0 Å². The molecule has 0 aliphatic rings. The quantitative estimate of drug-likeness (QED) is 0.646. The van der Waals surface area contributed by atoms with E-state index in [0.717, 1.165) is 17.0 Å². The fourth-order valence-corrected chi connectivity index (χ4v) is 1.67. The molecule has 0 atom stereocenters. The van der Waals surface area contributed by atoms with E-state index in [0.29, 0.717) is 0 Å². The number of benzene rings is 2. The largest absolute Gasteiger partial charge is 0.376 e. The Kier molecular flexibility index (Phi) is 4.89. The van der Waals surface area contributed by atoms with Gasteiger partial charge in [0, 0.05) is 5.69 Å². The van der Waals surface area contributed by atoms with E-state index in [1.54, 1.807) is 0 Å². The first kappa shape index (κ1) is 13.8. The van der Waals surface area contributed by atoms with Crippen LogP contribution in [-0.2, 0) is 4.79 Å². The van der Waals surface area contributed by atoms with Crippen LogP contribution in [0.25, 0.3) is 0 Å². The Morgan fingerprint density at radius 1 is 1.00 bits per heavy atom. The number of hydrogen-bond donors (Lipinski definition) is 2. The summed E-state index contributed by atoms with van der Waals surface area (Å²) in [5.74, 6) is -0.177. The maximum atomic E-state index is 11.7. The number of anilines is 1. The zero-order valence-corrected chi connectivity index (χ0v) is 11.3. The standard InChI is InChI=1S/C16H17N3O/c1-13(14-8-4-2-5-9-14)18-19-16(20)12-17-15-10-6-3-7-11-15/h2-11,17H,12H2,1H3,(H,19,20). The number of nitrogens with one attached hydrogen (secondary N) is 2. The number of nitrogens with zero attached hydrogens (tertiary/aromatic N) is 1. The first-order chi connectivity index (χ1) is 9.75. The van der Waals surface area contributed by atoms with Gasteiger partial charge in [0.25, 0.3) is 5.91 Å². The van der Waals surface area contributed by atoms with Crippen molar-refractivity contribution in [1.82, 2.24) is 5.43 Å². The third-order valence-corrected chi connectivity index (χ3v) is 2.77. The smallest absolute Gasteiger partial charge is 0.259 e. The van der Waals surface area contributed by atoms with Crippen LogP contribution in [-0.4, -0.2) is 18.2 Å². The second-order valence-electron chi connectivity index (χ2n) is 4.32. The Bertz CT molecular complexity index is 579. The molecule has 102 valence electrons. The molecule has 2 aromatic rings. The fourth-order valence-electron chi connectivity index (χ4n) is 1.67. The van der Waals surface area contributed by atoms with Crippen molar-refractivity contribution >= 4 is 17.3 Å². The van der Waals surface area contributed by atoms with Gasteiger partial charge in [-0.15, -0.1) is 0 Å². The van der Waals surface area contributed by atoms with Gasteiger partial charge in [-0.2, -0.15) is 5.10 Å². The van der Waals surface area contributed by atoms with E-state index in [1.807, 2.05) is 67.6 Å². The molecule has 0 heterocycles. The molecule has 0 aromatic heterocycles. The third kappa shape index (κ3) is 4.24. The lowest BCUT2D eigenvalue weighted by atomic mass is 10.1. The Hall–Kier alpha value is -2.62. The average molecular weight is 267 g/mol. The molecular weight excluding hydrogens is 250 g/mol. The van der Waals surface area contributed by atoms with Crippen molar-refractivity contribution < 1.29 is 4.79 Å². The molecule has 0 aliphatic heterocycles. The van der Waals surface area contributed by atoms with Crippen molar-refractivity contribution in [2.24, 2.45) is 5.10 Å². The zero-order chi connectivity index (χ0) is 14.2. The van der Waals surface area contributed by atoms with E-state index in [9.17, 15) is 4.79 Å². The number of carbonyl (C=O) groups excluding carboxylic acids is 1. The molecule has 0 saturated heterocycles. The summed E-state index contributed by atoms with van der Waals surface area (Å²) in [6, 6.07) is 19.3. The molecule has 0 radical (unpaired) electrons. The van der Waals surface area contributed by atoms with Crippen LogP contribution in [0.2, 0.25) is 0 Å². The molecule has 0 spiro atoms. The number of amides is 1. The van der Waals surface area contributed by atoms with Gasteiger partial charge in [0.2, 0.25) is 0 Å². The molecule has 2 N–H and O–H groups in total. The van der Waals surface area contributed by atoms with E-state index >= 15 is 0 Å². The van der Waals surface area contributed by atoms with Crippen molar-refractivity contribution in [3.8, 4) is 0 Å². The predicted molar refractivity (Wildman–Crippen MR) is 81.7 cm³/mol. The maximum Gasteiger partial charge on any atom is 0.259 e. The van der Waals surface area contributed by atoms with E-state index in [-0.39, 0.29) is 12.5 Å². The van der Waals surface area contributed by atoms with Crippen molar-refractivity contribution in [3.63, 3.8) is 0 Å². The second kappa shape index (κ2) is 7.09. The van der Waals surface area contributed by atoms with E-state index < -0.39 is 0 Å². The summed E-state index contributed by atoms with van der Waals surface area (Å²) in [5, 5.41) is 7.11. The SMILES string of the molecule is CC(=NNC(=O)CNc1ccccc1)c1ccccc1. The first-order valence-corrected chi connectivity index (χ1v) is 6.43. The van der Waals surface area contributed by atoms with Gasteiger partial charge in [-0.1, -0.05) is 48.5 Å². The topological polar surface area (TPSA) is 53.5 Å². The van der Waals surface area contributed by atoms with Crippen LogP contribution >= 0.6 is 0 Å². The van der Waals surface area contributed by atoms with Crippen LogP contribution in [0, 0.1) is 0 Å². The Balaban J connectivity index is 1.83. The van der Waals surface area contributed by atoms with Gasteiger partial charge < -0.3 is 5.32 Å². The second-order valence-corrected chi connectivity index (χ2v) is 4.32. The molecular formula is C16H17N3O. The Labute approximate surface area is 118 Å². The van der Waals surface area contributed by atoms with E-state index in [1.165, 1.54) is 0 Å². The summed E-state index contributed by atoms with van der Waals surface area (Å²) in [4.78, 5) is 11.7. The summed E-state index contributed by atoms with van der Waals surface area (Å²) >= 11 is 0. The van der Waals surface area contributed by atoms with Gasteiger partial charge in [0.05, 0.1) is 12.3 Å². The summed E-state index contributed by atoms with van der Waals surface area (Å²) < 4.78 is 0.